The molecule has 3 atom stereocenters. The van der Waals surface area contributed by atoms with Crippen LogP contribution in [0.1, 0.15) is 45.2 Å². The van der Waals surface area contributed by atoms with Crippen molar-refractivity contribution >= 4 is 11.9 Å². The third-order valence-electron chi connectivity index (χ3n) is 4.19. The molecule has 5 heteroatoms. The normalized spacial score (nSPS) is 21.3. The molecule has 5 nitrogen and oxygen atoms in total. The predicted molar refractivity (Wildman–Crippen MR) is 91.8 cm³/mol. The zero-order valence-corrected chi connectivity index (χ0v) is 14.4. The van der Waals surface area contributed by atoms with E-state index in [2.05, 4.69) is 5.32 Å². The lowest BCUT2D eigenvalue weighted by Gasteiger charge is -2.27. The van der Waals surface area contributed by atoms with E-state index in [4.69, 9.17) is 4.74 Å². The minimum Gasteiger partial charge on any atom is -0.491 e. The first-order valence-corrected chi connectivity index (χ1v) is 8.34. The summed E-state index contributed by atoms with van der Waals surface area (Å²) in [5.41, 5.74) is 0.887. The Morgan fingerprint density at radius 1 is 1.12 bits per heavy atom. The van der Waals surface area contributed by atoms with Gasteiger partial charge in [-0.1, -0.05) is 30.4 Å². The molecule has 0 heterocycles. The fourth-order valence-electron chi connectivity index (χ4n) is 2.97. The summed E-state index contributed by atoms with van der Waals surface area (Å²) >= 11 is 0. The van der Waals surface area contributed by atoms with Crippen LogP contribution in [-0.2, 0) is 9.59 Å². The quantitative estimate of drug-likeness (QED) is 0.784. The monoisotopic (exact) mass is 331 g/mol. The SMILES string of the molecule is CC(C)Oc1ccccc1[C@H](C)NC(=O)[C@@H]1CC=CC[C@@H]1C(=O)O. The highest BCUT2D eigenvalue weighted by Gasteiger charge is 2.34. The third-order valence-corrected chi connectivity index (χ3v) is 4.19. The van der Waals surface area contributed by atoms with Crippen molar-refractivity contribution in [3.8, 4) is 5.75 Å². The molecule has 0 spiro atoms. The van der Waals surface area contributed by atoms with Crippen molar-refractivity contribution in [3.63, 3.8) is 0 Å². The predicted octanol–water partition coefficient (Wildman–Crippen LogP) is 3.32. The van der Waals surface area contributed by atoms with Gasteiger partial charge in [-0.3, -0.25) is 9.59 Å². The standard InChI is InChI=1S/C19H25NO4/c1-12(2)24-17-11-7-6-8-14(17)13(3)20-18(21)15-9-4-5-10-16(15)19(22)23/h4-8,11-13,15-16H,9-10H2,1-3H3,(H,20,21)(H,22,23)/t13-,15+,16-/m0/s1. The maximum atomic E-state index is 12.6. The van der Waals surface area contributed by atoms with E-state index < -0.39 is 17.8 Å². The molecule has 0 aromatic heterocycles. The van der Waals surface area contributed by atoms with Crippen molar-refractivity contribution in [2.45, 2.75) is 45.8 Å². The molecule has 1 aromatic carbocycles. The van der Waals surface area contributed by atoms with E-state index >= 15 is 0 Å². The topological polar surface area (TPSA) is 75.6 Å². The summed E-state index contributed by atoms with van der Waals surface area (Å²) in [6.07, 6.45) is 4.60. The van der Waals surface area contributed by atoms with Gasteiger partial charge >= 0.3 is 5.97 Å². The van der Waals surface area contributed by atoms with Crippen molar-refractivity contribution < 1.29 is 19.4 Å². The molecule has 1 amide bonds. The molecule has 1 aromatic rings. The van der Waals surface area contributed by atoms with Gasteiger partial charge in [0.25, 0.3) is 0 Å². The van der Waals surface area contributed by atoms with Gasteiger partial charge in [0, 0.05) is 5.56 Å². The Labute approximate surface area is 142 Å². The zero-order valence-electron chi connectivity index (χ0n) is 14.4. The van der Waals surface area contributed by atoms with Crippen LogP contribution in [0.15, 0.2) is 36.4 Å². The molecule has 130 valence electrons. The number of carbonyl (C=O) groups excluding carboxylic acids is 1. The van der Waals surface area contributed by atoms with Crippen molar-refractivity contribution in [3.05, 3.63) is 42.0 Å². The smallest absolute Gasteiger partial charge is 0.307 e. The average Bonchev–Trinajstić information content (AvgIpc) is 2.54. The molecule has 0 fully saturated rings. The van der Waals surface area contributed by atoms with E-state index in [0.717, 1.165) is 11.3 Å². The van der Waals surface area contributed by atoms with Crippen molar-refractivity contribution in [2.24, 2.45) is 11.8 Å². The Morgan fingerprint density at radius 2 is 1.75 bits per heavy atom. The molecular formula is C19H25NO4. The number of allylic oxidation sites excluding steroid dienone is 2. The van der Waals surface area contributed by atoms with E-state index in [-0.39, 0.29) is 18.1 Å². The van der Waals surface area contributed by atoms with Crippen LogP contribution in [-0.4, -0.2) is 23.1 Å². The fraction of sp³-hybridized carbons (Fsp3) is 0.474. The van der Waals surface area contributed by atoms with Crippen LogP contribution in [0.3, 0.4) is 0 Å². The van der Waals surface area contributed by atoms with Crippen molar-refractivity contribution in [1.29, 1.82) is 0 Å². The highest BCUT2D eigenvalue weighted by Crippen LogP contribution is 2.29. The number of rotatable bonds is 6. The number of ether oxygens (including phenoxy) is 1. The number of para-hydroxylation sites is 1. The summed E-state index contributed by atoms with van der Waals surface area (Å²) < 4.78 is 5.80. The summed E-state index contributed by atoms with van der Waals surface area (Å²) in [7, 11) is 0. The Morgan fingerprint density at radius 3 is 2.38 bits per heavy atom. The van der Waals surface area contributed by atoms with Gasteiger partial charge in [0.15, 0.2) is 0 Å². The Hall–Kier alpha value is -2.30. The van der Waals surface area contributed by atoms with Gasteiger partial charge in [0.2, 0.25) is 5.91 Å². The third kappa shape index (κ3) is 4.37. The second-order valence-corrected chi connectivity index (χ2v) is 6.43. The Bertz CT molecular complexity index is 624. The summed E-state index contributed by atoms with van der Waals surface area (Å²) in [6.45, 7) is 5.78. The van der Waals surface area contributed by atoms with E-state index in [1.165, 1.54) is 0 Å². The van der Waals surface area contributed by atoms with Crippen LogP contribution in [0.5, 0.6) is 5.75 Å². The van der Waals surface area contributed by atoms with Gasteiger partial charge in [-0.15, -0.1) is 0 Å². The van der Waals surface area contributed by atoms with Gasteiger partial charge in [0.05, 0.1) is 24.0 Å². The van der Waals surface area contributed by atoms with Crippen LogP contribution >= 0.6 is 0 Å². The van der Waals surface area contributed by atoms with Gasteiger partial charge in [0.1, 0.15) is 5.75 Å². The second kappa shape index (κ2) is 7.99. The molecule has 0 saturated heterocycles. The van der Waals surface area contributed by atoms with Crippen LogP contribution in [0.4, 0.5) is 0 Å². The van der Waals surface area contributed by atoms with Gasteiger partial charge in [-0.2, -0.15) is 0 Å². The van der Waals surface area contributed by atoms with Gasteiger partial charge in [-0.05, 0) is 39.7 Å². The molecule has 0 unspecified atom stereocenters. The first-order valence-electron chi connectivity index (χ1n) is 8.34. The van der Waals surface area contributed by atoms with E-state index in [1.807, 2.05) is 57.2 Å². The lowest BCUT2D eigenvalue weighted by Crippen LogP contribution is -2.39. The molecule has 0 saturated carbocycles. The molecule has 2 rings (SSSR count). The summed E-state index contributed by atoms with van der Waals surface area (Å²) in [5.74, 6) is -1.61. The minimum absolute atomic E-state index is 0.0360. The number of carbonyl (C=O) groups is 2. The number of hydrogen-bond donors (Lipinski definition) is 2. The maximum Gasteiger partial charge on any atom is 0.307 e. The van der Waals surface area contributed by atoms with Crippen LogP contribution < -0.4 is 10.1 Å². The molecular weight excluding hydrogens is 306 g/mol. The second-order valence-electron chi connectivity index (χ2n) is 6.43. The number of carboxylic acid groups (broad SMARTS) is 1. The van der Waals surface area contributed by atoms with Crippen molar-refractivity contribution in [2.75, 3.05) is 0 Å². The first kappa shape index (κ1) is 18.0. The lowest BCUT2D eigenvalue weighted by molar-refractivity contribution is -0.147. The molecule has 1 aliphatic rings. The number of benzene rings is 1. The summed E-state index contributed by atoms with van der Waals surface area (Å²) in [5, 5.41) is 12.3. The minimum atomic E-state index is -0.921. The fourth-order valence-corrected chi connectivity index (χ4v) is 2.97. The molecule has 0 radical (unpaired) electrons. The highest BCUT2D eigenvalue weighted by molar-refractivity contribution is 5.85. The summed E-state index contributed by atoms with van der Waals surface area (Å²) in [4.78, 5) is 23.9. The van der Waals surface area contributed by atoms with Crippen molar-refractivity contribution in [1.82, 2.24) is 5.32 Å². The number of carboxylic acids is 1. The van der Waals surface area contributed by atoms with Crippen LogP contribution in [0.2, 0.25) is 0 Å². The largest absolute Gasteiger partial charge is 0.491 e. The van der Waals surface area contributed by atoms with E-state index in [0.29, 0.717) is 12.8 Å². The maximum absolute atomic E-state index is 12.6. The Kier molecular flexibility index (Phi) is 6.01. The van der Waals surface area contributed by atoms with Gasteiger partial charge < -0.3 is 15.2 Å². The van der Waals surface area contributed by atoms with Gasteiger partial charge in [-0.25, -0.2) is 0 Å². The number of aliphatic carboxylic acids is 1. The average molecular weight is 331 g/mol. The van der Waals surface area contributed by atoms with Crippen LogP contribution in [0, 0.1) is 11.8 Å². The molecule has 2 N–H and O–H groups in total. The zero-order chi connectivity index (χ0) is 17.7. The molecule has 24 heavy (non-hydrogen) atoms. The van der Waals surface area contributed by atoms with E-state index in [1.54, 1.807) is 0 Å². The first-order chi connectivity index (χ1) is 11.4. The van der Waals surface area contributed by atoms with E-state index in [9.17, 15) is 14.7 Å². The Balaban J connectivity index is 2.11. The summed E-state index contributed by atoms with van der Waals surface area (Å²) in [6, 6.07) is 7.32. The number of nitrogens with one attached hydrogen (secondary N) is 1. The molecule has 0 aliphatic heterocycles. The number of hydrogen-bond acceptors (Lipinski definition) is 3. The lowest BCUT2D eigenvalue weighted by atomic mass is 9.82. The molecule has 0 bridgehead atoms. The number of amides is 1. The van der Waals surface area contributed by atoms with Crippen LogP contribution in [0.25, 0.3) is 0 Å². The molecule has 1 aliphatic carbocycles. The highest BCUT2D eigenvalue weighted by atomic mass is 16.5.